The summed E-state index contributed by atoms with van der Waals surface area (Å²) in [5.41, 5.74) is 1.68. The smallest absolute Gasteiger partial charge is 0.123 e. The van der Waals surface area contributed by atoms with Gasteiger partial charge < -0.3 is 15.1 Å². The highest BCUT2D eigenvalue weighted by Crippen LogP contribution is 2.40. The van der Waals surface area contributed by atoms with Crippen LogP contribution in [0.3, 0.4) is 0 Å². The van der Waals surface area contributed by atoms with Crippen molar-refractivity contribution in [2.45, 2.75) is 17.0 Å². The zero-order valence-corrected chi connectivity index (χ0v) is 12.8. The number of aliphatic hydroxyl groups excluding tert-OH is 2. The SMILES string of the molecule is OC[C@@H](O)[C@H](c1cccc(F)c1)N1CCSc2ccccc21. The van der Waals surface area contributed by atoms with Crippen molar-refractivity contribution in [3.05, 3.63) is 59.9 Å². The summed E-state index contributed by atoms with van der Waals surface area (Å²) in [7, 11) is 0. The Kier molecular flexibility index (Phi) is 4.66. The van der Waals surface area contributed by atoms with Crippen LogP contribution in [0.4, 0.5) is 10.1 Å². The van der Waals surface area contributed by atoms with E-state index < -0.39 is 12.1 Å². The number of para-hydroxylation sites is 1. The first-order chi connectivity index (χ1) is 10.7. The zero-order valence-electron chi connectivity index (χ0n) is 12.0. The van der Waals surface area contributed by atoms with E-state index in [1.165, 1.54) is 12.1 Å². The van der Waals surface area contributed by atoms with Crippen LogP contribution in [0.5, 0.6) is 0 Å². The van der Waals surface area contributed by atoms with E-state index in [1.807, 2.05) is 24.3 Å². The molecular weight excluding hydrogens is 301 g/mol. The summed E-state index contributed by atoms with van der Waals surface area (Å²) in [6.07, 6.45) is -0.974. The first kappa shape index (κ1) is 15.3. The van der Waals surface area contributed by atoms with Crippen molar-refractivity contribution in [2.75, 3.05) is 23.8 Å². The largest absolute Gasteiger partial charge is 0.394 e. The lowest BCUT2D eigenvalue weighted by atomic mass is 9.98. The van der Waals surface area contributed by atoms with Gasteiger partial charge in [-0.2, -0.15) is 0 Å². The molecule has 0 fully saturated rings. The van der Waals surface area contributed by atoms with Gasteiger partial charge in [0.1, 0.15) is 11.9 Å². The fourth-order valence-corrected chi connectivity index (χ4v) is 3.90. The molecule has 0 saturated heterocycles. The third-order valence-corrected chi connectivity index (χ3v) is 4.88. The molecule has 2 aromatic carbocycles. The van der Waals surface area contributed by atoms with Crippen molar-refractivity contribution in [3.63, 3.8) is 0 Å². The number of hydrogen-bond acceptors (Lipinski definition) is 4. The molecule has 0 bridgehead atoms. The van der Waals surface area contributed by atoms with Crippen molar-refractivity contribution in [1.82, 2.24) is 0 Å². The summed E-state index contributed by atoms with van der Waals surface area (Å²) in [5.74, 6) is 0.549. The van der Waals surface area contributed by atoms with Crippen LogP contribution >= 0.6 is 11.8 Å². The maximum atomic E-state index is 13.6. The highest BCUT2D eigenvalue weighted by Gasteiger charge is 2.31. The zero-order chi connectivity index (χ0) is 15.5. The number of anilines is 1. The second-order valence-electron chi connectivity index (χ2n) is 5.26. The van der Waals surface area contributed by atoms with E-state index in [4.69, 9.17) is 0 Å². The minimum absolute atomic E-state index is 0.340. The van der Waals surface area contributed by atoms with Gasteiger partial charge in [-0.05, 0) is 29.8 Å². The van der Waals surface area contributed by atoms with Crippen LogP contribution in [0.15, 0.2) is 53.4 Å². The summed E-state index contributed by atoms with van der Waals surface area (Å²) >= 11 is 1.77. The molecule has 0 unspecified atom stereocenters. The first-order valence-corrected chi connectivity index (χ1v) is 8.22. The van der Waals surface area contributed by atoms with Crippen molar-refractivity contribution in [3.8, 4) is 0 Å². The van der Waals surface area contributed by atoms with Crippen molar-refractivity contribution in [2.24, 2.45) is 0 Å². The van der Waals surface area contributed by atoms with Crippen LogP contribution < -0.4 is 4.90 Å². The predicted octanol–water partition coefficient (Wildman–Crippen LogP) is 2.83. The highest BCUT2D eigenvalue weighted by atomic mass is 32.2. The van der Waals surface area contributed by atoms with Gasteiger partial charge in [-0.25, -0.2) is 4.39 Å². The van der Waals surface area contributed by atoms with Gasteiger partial charge >= 0.3 is 0 Å². The number of benzene rings is 2. The van der Waals surface area contributed by atoms with Gasteiger partial charge in [0.15, 0.2) is 0 Å². The van der Waals surface area contributed by atoms with Gasteiger partial charge in [0.2, 0.25) is 0 Å². The minimum Gasteiger partial charge on any atom is -0.394 e. The summed E-state index contributed by atoms with van der Waals surface area (Å²) < 4.78 is 13.6. The Balaban J connectivity index is 2.04. The van der Waals surface area contributed by atoms with Gasteiger partial charge in [-0.1, -0.05) is 24.3 Å². The van der Waals surface area contributed by atoms with E-state index >= 15 is 0 Å². The topological polar surface area (TPSA) is 43.7 Å². The summed E-state index contributed by atoms with van der Waals surface area (Å²) in [5, 5.41) is 19.8. The van der Waals surface area contributed by atoms with Crippen molar-refractivity contribution < 1.29 is 14.6 Å². The monoisotopic (exact) mass is 319 g/mol. The number of fused-ring (bicyclic) bond motifs is 1. The summed E-state index contributed by atoms with van der Waals surface area (Å²) in [6.45, 7) is 0.368. The van der Waals surface area contributed by atoms with Crippen LogP contribution in [-0.2, 0) is 0 Å². The molecule has 0 radical (unpaired) electrons. The fourth-order valence-electron chi connectivity index (χ4n) is 2.88. The number of hydrogen-bond donors (Lipinski definition) is 2. The van der Waals surface area contributed by atoms with E-state index in [0.29, 0.717) is 5.56 Å². The van der Waals surface area contributed by atoms with E-state index in [0.717, 1.165) is 22.9 Å². The fraction of sp³-hybridized carbons (Fsp3) is 0.294. The van der Waals surface area contributed by atoms with E-state index in [2.05, 4.69) is 4.90 Å². The van der Waals surface area contributed by atoms with Gasteiger partial charge in [0.25, 0.3) is 0 Å². The third kappa shape index (κ3) is 2.97. The molecule has 2 N–H and O–H groups in total. The second kappa shape index (κ2) is 6.69. The molecule has 0 spiro atoms. The molecular formula is C17H18FNO2S. The molecule has 0 amide bonds. The molecule has 0 saturated carbocycles. The Morgan fingerprint density at radius 3 is 2.77 bits per heavy atom. The summed E-state index contributed by atoms with van der Waals surface area (Å²) in [4.78, 5) is 3.20. The van der Waals surface area contributed by atoms with Crippen LogP contribution in [0, 0.1) is 5.82 Å². The first-order valence-electron chi connectivity index (χ1n) is 7.23. The molecule has 22 heavy (non-hydrogen) atoms. The molecule has 0 aromatic heterocycles. The lowest BCUT2D eigenvalue weighted by Crippen LogP contribution is -2.41. The second-order valence-corrected chi connectivity index (χ2v) is 6.40. The molecule has 1 aliphatic rings. The van der Waals surface area contributed by atoms with Crippen LogP contribution in [0.2, 0.25) is 0 Å². The number of halogens is 1. The predicted molar refractivity (Wildman–Crippen MR) is 86.7 cm³/mol. The standard InChI is InChI=1S/C17H18FNO2S/c18-13-5-3-4-12(10-13)17(15(21)11-20)19-8-9-22-16-7-2-1-6-14(16)19/h1-7,10,15,17,20-21H,8-9,11H2/t15-,17+/m1/s1. The summed E-state index contributed by atoms with van der Waals surface area (Å²) in [6, 6.07) is 13.7. The normalized spacial score (nSPS) is 17.0. The molecule has 3 rings (SSSR count). The van der Waals surface area contributed by atoms with Gasteiger partial charge in [0.05, 0.1) is 18.3 Å². The van der Waals surface area contributed by atoms with Crippen molar-refractivity contribution in [1.29, 1.82) is 0 Å². The lowest BCUT2D eigenvalue weighted by Gasteiger charge is -2.39. The van der Waals surface area contributed by atoms with Gasteiger partial charge in [0, 0.05) is 17.2 Å². The number of rotatable bonds is 4. The average Bonchev–Trinajstić information content (AvgIpc) is 2.55. The van der Waals surface area contributed by atoms with E-state index in [1.54, 1.807) is 23.9 Å². The van der Waals surface area contributed by atoms with Gasteiger partial charge in [-0.3, -0.25) is 0 Å². The number of aliphatic hydroxyl groups is 2. The Labute approximate surface area is 133 Å². The Morgan fingerprint density at radius 2 is 2.00 bits per heavy atom. The Hall–Kier alpha value is -1.56. The molecule has 2 aromatic rings. The van der Waals surface area contributed by atoms with Gasteiger partial charge in [-0.15, -0.1) is 11.8 Å². The highest BCUT2D eigenvalue weighted by molar-refractivity contribution is 7.99. The number of thioether (sulfide) groups is 1. The maximum absolute atomic E-state index is 13.6. The Bertz CT molecular complexity index is 652. The number of nitrogens with zero attached hydrogens (tertiary/aromatic N) is 1. The van der Waals surface area contributed by atoms with Crippen LogP contribution in [-0.4, -0.2) is 35.2 Å². The molecule has 1 aliphatic heterocycles. The Morgan fingerprint density at radius 1 is 1.18 bits per heavy atom. The quantitative estimate of drug-likeness (QED) is 0.909. The van der Waals surface area contributed by atoms with E-state index in [-0.39, 0.29) is 12.4 Å². The molecule has 1 heterocycles. The maximum Gasteiger partial charge on any atom is 0.123 e. The molecule has 5 heteroatoms. The molecule has 0 aliphatic carbocycles. The van der Waals surface area contributed by atoms with Crippen LogP contribution in [0.25, 0.3) is 0 Å². The van der Waals surface area contributed by atoms with E-state index in [9.17, 15) is 14.6 Å². The molecule has 116 valence electrons. The molecule has 3 nitrogen and oxygen atoms in total. The minimum atomic E-state index is -0.974. The average molecular weight is 319 g/mol. The third-order valence-electron chi connectivity index (χ3n) is 3.84. The lowest BCUT2D eigenvalue weighted by molar-refractivity contribution is 0.0712. The molecule has 2 atom stereocenters. The van der Waals surface area contributed by atoms with Crippen LogP contribution in [0.1, 0.15) is 11.6 Å². The van der Waals surface area contributed by atoms with Crippen molar-refractivity contribution >= 4 is 17.4 Å².